The topological polar surface area (TPSA) is 67.2 Å². The molecule has 0 radical (unpaired) electrons. The van der Waals surface area contributed by atoms with Crippen LogP contribution in [0.25, 0.3) is 0 Å². The smallest absolute Gasteiger partial charge is 0.397 e. The minimum absolute atomic E-state index is 0.0133. The molecular weight excluding hydrogens is 441 g/mol. The Bertz CT molecular complexity index is 887. The van der Waals surface area contributed by atoms with Crippen LogP contribution in [0.4, 0.5) is 39.0 Å². The van der Waals surface area contributed by atoms with Crippen molar-refractivity contribution in [3.63, 3.8) is 0 Å². The van der Waals surface area contributed by atoms with Crippen LogP contribution in [0.1, 0.15) is 56.6 Å². The predicted molar refractivity (Wildman–Crippen MR) is 121 cm³/mol. The number of nitrogen functional groups attached to an aromatic ring is 1. The number of anilines is 3. The fraction of sp³-hybridized carbons (Fsp3) is 0.458. The number of amides is 1. The minimum Gasteiger partial charge on any atom is -0.397 e. The summed E-state index contributed by atoms with van der Waals surface area (Å²) in [6, 6.07) is 9.25. The number of alkyl halides is 5. The summed E-state index contributed by atoms with van der Waals surface area (Å²) in [5.41, 5.74) is 6.66. The molecule has 0 unspecified atom stereocenters. The first-order chi connectivity index (χ1) is 15.6. The Morgan fingerprint density at radius 2 is 1.67 bits per heavy atom. The molecule has 2 aromatic carbocycles. The monoisotopic (exact) mass is 471 g/mol. The third-order valence-electron chi connectivity index (χ3n) is 5.24. The number of carbonyl (C=O) groups excluding carboxylic acids is 1. The summed E-state index contributed by atoms with van der Waals surface area (Å²) >= 11 is 0. The molecule has 0 bridgehead atoms. The van der Waals surface area contributed by atoms with E-state index in [0.29, 0.717) is 17.7 Å². The van der Waals surface area contributed by atoms with E-state index in [1.54, 1.807) is 6.07 Å². The van der Waals surface area contributed by atoms with Crippen LogP contribution in [0.3, 0.4) is 0 Å². The Morgan fingerprint density at radius 3 is 2.27 bits per heavy atom. The number of halogens is 5. The molecule has 4 N–H and O–H groups in total. The number of carbonyl (C=O) groups is 1. The van der Waals surface area contributed by atoms with Crippen LogP contribution >= 0.6 is 0 Å². The summed E-state index contributed by atoms with van der Waals surface area (Å²) in [7, 11) is 0. The minimum atomic E-state index is -4.39. The van der Waals surface area contributed by atoms with Gasteiger partial charge in [0.15, 0.2) is 0 Å². The maximum atomic E-state index is 14.2. The lowest BCUT2D eigenvalue weighted by molar-refractivity contribution is -0.137. The Kier molecular flexibility index (Phi) is 9.94. The van der Waals surface area contributed by atoms with E-state index in [9.17, 15) is 26.7 Å². The van der Waals surface area contributed by atoms with Gasteiger partial charge in [-0.3, -0.25) is 4.79 Å². The van der Waals surface area contributed by atoms with Crippen LogP contribution in [0.2, 0.25) is 0 Å². The lowest BCUT2D eigenvalue weighted by Gasteiger charge is -2.16. The Hall–Kier alpha value is -2.84. The maximum Gasteiger partial charge on any atom is 0.416 e. The number of nitrogens with one attached hydrogen (secondary N) is 2. The quantitative estimate of drug-likeness (QED) is 0.180. The highest BCUT2D eigenvalue weighted by atomic mass is 19.4. The zero-order chi connectivity index (χ0) is 24.4. The summed E-state index contributed by atoms with van der Waals surface area (Å²) in [4.78, 5) is 12.1. The van der Waals surface area contributed by atoms with Gasteiger partial charge in [0.05, 0.1) is 16.9 Å². The molecule has 0 heterocycles. The molecule has 0 saturated heterocycles. The molecule has 0 fully saturated rings. The van der Waals surface area contributed by atoms with Gasteiger partial charge in [-0.1, -0.05) is 51.2 Å². The molecule has 0 aromatic heterocycles. The van der Waals surface area contributed by atoms with E-state index in [-0.39, 0.29) is 24.3 Å². The van der Waals surface area contributed by atoms with Gasteiger partial charge in [0, 0.05) is 12.2 Å². The Morgan fingerprint density at radius 1 is 1.00 bits per heavy atom. The van der Waals surface area contributed by atoms with E-state index >= 15 is 0 Å². The molecule has 0 aliphatic rings. The molecule has 0 aliphatic carbocycles. The molecule has 1 amide bonds. The number of rotatable bonds is 12. The van der Waals surface area contributed by atoms with Crippen molar-refractivity contribution in [2.24, 2.45) is 0 Å². The molecular formula is C24H30F5N3O. The van der Waals surface area contributed by atoms with E-state index < -0.39 is 30.0 Å². The number of unbranched alkanes of at least 4 members (excludes halogenated alkanes) is 4. The van der Waals surface area contributed by atoms with Crippen molar-refractivity contribution in [1.82, 2.24) is 0 Å². The Labute approximate surface area is 190 Å². The largest absolute Gasteiger partial charge is 0.416 e. The van der Waals surface area contributed by atoms with Crippen LogP contribution < -0.4 is 16.4 Å². The summed E-state index contributed by atoms with van der Waals surface area (Å²) < 4.78 is 66.1. The van der Waals surface area contributed by atoms with Crippen LogP contribution in [-0.2, 0) is 17.5 Å². The van der Waals surface area contributed by atoms with Crippen molar-refractivity contribution in [3.8, 4) is 0 Å². The van der Waals surface area contributed by atoms with Crippen LogP contribution in [-0.4, -0.2) is 18.3 Å². The number of hydrogen-bond acceptors (Lipinski definition) is 3. The van der Waals surface area contributed by atoms with Gasteiger partial charge in [0.25, 0.3) is 5.91 Å². The second-order valence-electron chi connectivity index (χ2n) is 7.96. The van der Waals surface area contributed by atoms with Crippen molar-refractivity contribution in [2.75, 3.05) is 16.4 Å². The number of hydrogen-bond donors (Lipinski definition) is 3. The zero-order valence-corrected chi connectivity index (χ0v) is 18.5. The average molecular weight is 472 g/mol. The summed E-state index contributed by atoms with van der Waals surface area (Å²) in [6.07, 6.45) is -4.18. The van der Waals surface area contributed by atoms with Crippen molar-refractivity contribution in [2.45, 2.75) is 70.5 Å². The van der Waals surface area contributed by atoms with E-state index in [1.165, 1.54) is 24.3 Å². The van der Waals surface area contributed by atoms with E-state index in [2.05, 4.69) is 17.6 Å². The highest BCUT2D eigenvalue weighted by molar-refractivity contribution is 5.97. The highest BCUT2D eigenvalue weighted by Gasteiger charge is 2.30. The van der Waals surface area contributed by atoms with Crippen LogP contribution in [0.15, 0.2) is 42.5 Å². The number of benzene rings is 2. The molecule has 4 nitrogen and oxygen atoms in total. The van der Waals surface area contributed by atoms with Crippen LogP contribution in [0, 0.1) is 0 Å². The molecule has 33 heavy (non-hydrogen) atoms. The lowest BCUT2D eigenvalue weighted by Crippen LogP contribution is -2.32. The van der Waals surface area contributed by atoms with Gasteiger partial charge >= 0.3 is 6.18 Å². The van der Waals surface area contributed by atoms with Crippen molar-refractivity contribution in [1.29, 1.82) is 0 Å². The molecule has 2 atom stereocenters. The average Bonchev–Trinajstić information content (AvgIpc) is 2.78. The van der Waals surface area contributed by atoms with Crippen LogP contribution in [0.5, 0.6) is 0 Å². The third kappa shape index (κ3) is 8.55. The summed E-state index contributed by atoms with van der Waals surface area (Å²) in [6.45, 7) is 2.31. The number of nitrogens with two attached hydrogens (primary N) is 1. The molecule has 0 spiro atoms. The van der Waals surface area contributed by atoms with E-state index in [0.717, 1.165) is 37.8 Å². The predicted octanol–water partition coefficient (Wildman–Crippen LogP) is 6.87. The molecule has 182 valence electrons. The standard InChI is InChI=1S/C24H30F5N3O/c1-2-3-4-5-6-7-19(25)22(26)23(33)32-21-13-12-18(14-20(21)30)31-15-16-8-10-17(11-9-16)24(27,28)29/h8-14,19,22,31H,2-7,15,30H2,1H3,(H,32,33)/t19-,22-/m1/s1. The van der Waals surface area contributed by atoms with Gasteiger partial charge < -0.3 is 16.4 Å². The summed E-state index contributed by atoms with van der Waals surface area (Å²) in [5.74, 6) is -1.09. The van der Waals surface area contributed by atoms with Crippen molar-refractivity contribution < 1.29 is 26.7 Å². The van der Waals surface area contributed by atoms with Crippen molar-refractivity contribution in [3.05, 3.63) is 53.6 Å². The van der Waals surface area contributed by atoms with Gasteiger partial charge in [-0.05, 0) is 42.3 Å². The molecule has 0 saturated carbocycles. The van der Waals surface area contributed by atoms with E-state index in [4.69, 9.17) is 5.73 Å². The first-order valence-corrected chi connectivity index (χ1v) is 11.0. The fourth-order valence-electron chi connectivity index (χ4n) is 3.26. The molecule has 2 rings (SSSR count). The SMILES string of the molecule is CCCCCCC[C@@H](F)[C@@H](F)C(=O)Nc1ccc(NCc2ccc(C(F)(F)F)cc2)cc1N. The fourth-order valence-corrected chi connectivity index (χ4v) is 3.26. The second-order valence-corrected chi connectivity index (χ2v) is 7.96. The van der Waals surface area contributed by atoms with Gasteiger partial charge in [0.1, 0.15) is 6.17 Å². The van der Waals surface area contributed by atoms with Gasteiger partial charge in [-0.25, -0.2) is 8.78 Å². The third-order valence-corrected chi connectivity index (χ3v) is 5.24. The highest BCUT2D eigenvalue weighted by Crippen LogP contribution is 2.29. The van der Waals surface area contributed by atoms with Gasteiger partial charge in [-0.2, -0.15) is 13.2 Å². The lowest BCUT2D eigenvalue weighted by atomic mass is 10.1. The van der Waals surface area contributed by atoms with Crippen molar-refractivity contribution >= 4 is 23.0 Å². The molecule has 9 heteroatoms. The zero-order valence-electron chi connectivity index (χ0n) is 18.5. The normalized spacial score (nSPS) is 13.4. The Balaban J connectivity index is 1.86. The molecule has 0 aliphatic heterocycles. The molecule has 2 aromatic rings. The van der Waals surface area contributed by atoms with Gasteiger partial charge in [-0.15, -0.1) is 0 Å². The first kappa shape index (κ1) is 26.4. The van der Waals surface area contributed by atoms with E-state index in [1.807, 2.05) is 0 Å². The first-order valence-electron chi connectivity index (χ1n) is 11.0. The van der Waals surface area contributed by atoms with Gasteiger partial charge in [0.2, 0.25) is 6.17 Å². The second kappa shape index (κ2) is 12.4. The summed E-state index contributed by atoms with van der Waals surface area (Å²) in [5, 5.41) is 5.32. The maximum absolute atomic E-state index is 14.2.